The average molecular weight is 268 g/mol. The van der Waals surface area contributed by atoms with Gasteiger partial charge in [-0.25, -0.2) is 9.07 Å². The molecule has 0 aliphatic rings. The number of nitrogens with zero attached hydrogens (tertiary/aromatic N) is 2. The molecule has 18 heavy (non-hydrogen) atoms. The van der Waals surface area contributed by atoms with E-state index in [-0.39, 0.29) is 5.82 Å². The third-order valence-electron chi connectivity index (χ3n) is 2.83. The van der Waals surface area contributed by atoms with Gasteiger partial charge < -0.3 is 5.32 Å². The van der Waals surface area contributed by atoms with Crippen molar-refractivity contribution in [1.82, 2.24) is 15.1 Å². The number of hydrogen-bond acceptors (Lipinski definition) is 2. The number of halogens is 2. The first-order chi connectivity index (χ1) is 8.65. The van der Waals surface area contributed by atoms with E-state index in [0.717, 1.165) is 17.8 Å². The van der Waals surface area contributed by atoms with Crippen molar-refractivity contribution in [2.24, 2.45) is 0 Å². The second kappa shape index (κ2) is 5.50. The topological polar surface area (TPSA) is 29.9 Å². The fourth-order valence-corrected chi connectivity index (χ4v) is 2.04. The fraction of sp³-hybridized carbons (Fsp3) is 0.308. The van der Waals surface area contributed by atoms with Crippen LogP contribution in [0, 0.1) is 12.7 Å². The predicted octanol–water partition coefficient (Wildman–Crippen LogP) is 3.08. The molecule has 5 heteroatoms. The summed E-state index contributed by atoms with van der Waals surface area (Å²) >= 11 is 6.03. The van der Waals surface area contributed by atoms with Gasteiger partial charge in [0, 0.05) is 17.8 Å². The minimum atomic E-state index is -0.372. The van der Waals surface area contributed by atoms with Crippen LogP contribution in [0.3, 0.4) is 0 Å². The fourth-order valence-electron chi connectivity index (χ4n) is 1.79. The maximum Gasteiger partial charge on any atom is 0.150 e. The molecule has 0 fully saturated rings. The molecule has 0 amide bonds. The Hall–Kier alpha value is -1.39. The third-order valence-corrected chi connectivity index (χ3v) is 3.13. The van der Waals surface area contributed by atoms with Gasteiger partial charge in [0.2, 0.25) is 0 Å². The maximum atomic E-state index is 13.8. The Kier molecular flexibility index (Phi) is 3.99. The molecule has 0 radical (unpaired) electrons. The van der Waals surface area contributed by atoms with Gasteiger partial charge in [0.15, 0.2) is 0 Å². The van der Waals surface area contributed by atoms with Crippen LogP contribution < -0.4 is 5.32 Å². The summed E-state index contributed by atoms with van der Waals surface area (Å²) < 4.78 is 15.4. The highest BCUT2D eigenvalue weighted by molar-refractivity contribution is 6.32. The zero-order valence-corrected chi connectivity index (χ0v) is 11.1. The van der Waals surface area contributed by atoms with Crippen LogP contribution in [0.2, 0.25) is 5.02 Å². The molecular formula is C13H15ClFN3. The molecule has 0 aliphatic heterocycles. The minimum absolute atomic E-state index is 0.305. The van der Waals surface area contributed by atoms with E-state index in [1.165, 1.54) is 6.07 Å². The van der Waals surface area contributed by atoms with Gasteiger partial charge in [-0.1, -0.05) is 24.6 Å². The van der Waals surface area contributed by atoms with Crippen LogP contribution in [0.5, 0.6) is 0 Å². The SMILES string of the molecule is CCNCc1cnn(-c2c(F)cccc2Cl)c1C. The van der Waals surface area contributed by atoms with Gasteiger partial charge >= 0.3 is 0 Å². The van der Waals surface area contributed by atoms with E-state index in [2.05, 4.69) is 10.4 Å². The molecule has 1 heterocycles. The number of para-hydroxylation sites is 1. The lowest BCUT2D eigenvalue weighted by Crippen LogP contribution is -2.12. The smallest absolute Gasteiger partial charge is 0.150 e. The number of hydrogen-bond donors (Lipinski definition) is 1. The van der Waals surface area contributed by atoms with E-state index in [0.29, 0.717) is 17.3 Å². The van der Waals surface area contributed by atoms with Gasteiger partial charge in [0.05, 0.1) is 11.2 Å². The van der Waals surface area contributed by atoms with Crippen LogP contribution in [0.1, 0.15) is 18.2 Å². The molecule has 0 unspecified atom stereocenters. The summed E-state index contributed by atoms with van der Waals surface area (Å²) in [6, 6.07) is 4.62. The molecule has 2 rings (SSSR count). The van der Waals surface area contributed by atoms with Crippen molar-refractivity contribution in [1.29, 1.82) is 0 Å². The van der Waals surface area contributed by atoms with Crippen LogP contribution in [0.25, 0.3) is 5.69 Å². The van der Waals surface area contributed by atoms with Crippen molar-refractivity contribution < 1.29 is 4.39 Å². The van der Waals surface area contributed by atoms with E-state index < -0.39 is 0 Å². The highest BCUT2D eigenvalue weighted by Crippen LogP contribution is 2.25. The van der Waals surface area contributed by atoms with Gasteiger partial charge in [-0.2, -0.15) is 5.10 Å². The molecule has 1 aromatic heterocycles. The third kappa shape index (κ3) is 2.40. The van der Waals surface area contributed by atoms with Crippen molar-refractivity contribution in [2.75, 3.05) is 6.54 Å². The Morgan fingerprint density at radius 3 is 2.89 bits per heavy atom. The van der Waals surface area contributed by atoms with Crippen molar-refractivity contribution in [2.45, 2.75) is 20.4 Å². The molecule has 1 N–H and O–H groups in total. The normalized spacial score (nSPS) is 10.9. The summed E-state index contributed by atoms with van der Waals surface area (Å²) in [4.78, 5) is 0. The lowest BCUT2D eigenvalue weighted by molar-refractivity contribution is 0.608. The molecule has 3 nitrogen and oxygen atoms in total. The van der Waals surface area contributed by atoms with E-state index in [9.17, 15) is 4.39 Å². The van der Waals surface area contributed by atoms with Gasteiger partial charge in [-0.3, -0.25) is 0 Å². The summed E-state index contributed by atoms with van der Waals surface area (Å²) in [6.45, 7) is 5.54. The first-order valence-electron chi connectivity index (χ1n) is 5.83. The molecule has 0 atom stereocenters. The quantitative estimate of drug-likeness (QED) is 0.923. The Labute approximate surface area is 111 Å². The van der Waals surface area contributed by atoms with E-state index >= 15 is 0 Å². The van der Waals surface area contributed by atoms with E-state index in [1.807, 2.05) is 13.8 Å². The van der Waals surface area contributed by atoms with Gasteiger partial charge in [0.25, 0.3) is 0 Å². The van der Waals surface area contributed by atoms with Crippen LogP contribution in [0.4, 0.5) is 4.39 Å². The zero-order valence-electron chi connectivity index (χ0n) is 10.4. The molecular weight excluding hydrogens is 253 g/mol. The lowest BCUT2D eigenvalue weighted by Gasteiger charge is -2.08. The van der Waals surface area contributed by atoms with Crippen molar-refractivity contribution in [3.63, 3.8) is 0 Å². The number of nitrogens with one attached hydrogen (secondary N) is 1. The number of benzene rings is 1. The molecule has 1 aromatic carbocycles. The average Bonchev–Trinajstić information content (AvgIpc) is 2.69. The summed E-state index contributed by atoms with van der Waals surface area (Å²) in [5.41, 5.74) is 2.23. The van der Waals surface area contributed by atoms with Gasteiger partial charge in [-0.05, 0) is 25.6 Å². The summed E-state index contributed by atoms with van der Waals surface area (Å²) in [5.74, 6) is -0.372. The summed E-state index contributed by atoms with van der Waals surface area (Å²) in [7, 11) is 0. The lowest BCUT2D eigenvalue weighted by atomic mass is 10.2. The first kappa shape index (κ1) is 13.1. The second-order valence-electron chi connectivity index (χ2n) is 4.02. The minimum Gasteiger partial charge on any atom is -0.313 e. The van der Waals surface area contributed by atoms with Crippen molar-refractivity contribution >= 4 is 11.6 Å². The number of aromatic nitrogens is 2. The van der Waals surface area contributed by atoms with E-state index in [1.54, 1.807) is 23.0 Å². The van der Waals surface area contributed by atoms with Crippen molar-refractivity contribution in [3.05, 3.63) is 46.5 Å². The molecule has 0 bridgehead atoms. The molecule has 0 aliphatic carbocycles. The monoisotopic (exact) mass is 267 g/mol. The largest absolute Gasteiger partial charge is 0.313 e. The Bertz CT molecular complexity index is 531. The van der Waals surface area contributed by atoms with Crippen LogP contribution >= 0.6 is 11.6 Å². The Balaban J connectivity index is 2.43. The molecule has 0 spiro atoms. The molecule has 0 saturated carbocycles. The summed E-state index contributed by atoms with van der Waals surface area (Å²) in [5, 5.41) is 7.79. The highest BCUT2D eigenvalue weighted by Gasteiger charge is 2.14. The zero-order chi connectivity index (χ0) is 13.1. The van der Waals surface area contributed by atoms with Crippen LogP contribution in [-0.4, -0.2) is 16.3 Å². The molecule has 96 valence electrons. The summed E-state index contributed by atoms with van der Waals surface area (Å²) in [6.07, 6.45) is 1.74. The molecule has 2 aromatic rings. The van der Waals surface area contributed by atoms with Crippen molar-refractivity contribution in [3.8, 4) is 5.69 Å². The van der Waals surface area contributed by atoms with Gasteiger partial charge in [-0.15, -0.1) is 0 Å². The van der Waals surface area contributed by atoms with E-state index in [4.69, 9.17) is 11.6 Å². The standard InChI is InChI=1S/C13H15ClFN3/c1-3-16-7-10-8-17-18(9(10)2)13-11(14)5-4-6-12(13)15/h4-6,8,16H,3,7H2,1-2H3. The Morgan fingerprint density at radius 2 is 2.22 bits per heavy atom. The number of rotatable bonds is 4. The Morgan fingerprint density at radius 1 is 1.44 bits per heavy atom. The van der Waals surface area contributed by atoms with Crippen LogP contribution in [-0.2, 0) is 6.54 Å². The predicted molar refractivity (Wildman–Crippen MR) is 70.6 cm³/mol. The van der Waals surface area contributed by atoms with Gasteiger partial charge in [0.1, 0.15) is 11.5 Å². The molecule has 0 saturated heterocycles. The van der Waals surface area contributed by atoms with Crippen LogP contribution in [0.15, 0.2) is 24.4 Å². The highest BCUT2D eigenvalue weighted by atomic mass is 35.5. The maximum absolute atomic E-state index is 13.8. The second-order valence-corrected chi connectivity index (χ2v) is 4.42. The first-order valence-corrected chi connectivity index (χ1v) is 6.21.